The summed E-state index contributed by atoms with van der Waals surface area (Å²) in [6.07, 6.45) is 0. The second-order valence-electron chi connectivity index (χ2n) is 4.23. The lowest BCUT2D eigenvalue weighted by Gasteiger charge is -2.11. The zero-order valence-corrected chi connectivity index (χ0v) is 11.1. The van der Waals surface area contributed by atoms with Crippen LogP contribution in [0.3, 0.4) is 0 Å². The molecule has 94 valence electrons. The molecule has 2 nitrogen and oxygen atoms in total. The highest BCUT2D eigenvalue weighted by Gasteiger charge is 2.03. The Morgan fingerprint density at radius 1 is 1.17 bits per heavy atom. The van der Waals surface area contributed by atoms with Gasteiger partial charge in [0.1, 0.15) is 12.4 Å². The van der Waals surface area contributed by atoms with E-state index in [0.29, 0.717) is 18.2 Å². The molecule has 2 N–H and O–H groups in total. The van der Waals surface area contributed by atoms with E-state index in [1.165, 1.54) is 5.56 Å². The maximum absolute atomic E-state index is 5.92. The smallest absolute Gasteiger partial charge is 0.124 e. The minimum absolute atomic E-state index is 0.420. The molecule has 0 amide bonds. The van der Waals surface area contributed by atoms with Crippen LogP contribution in [-0.4, -0.2) is 0 Å². The average molecular weight is 262 g/mol. The van der Waals surface area contributed by atoms with Gasteiger partial charge in [-0.1, -0.05) is 41.4 Å². The lowest BCUT2D eigenvalue weighted by Crippen LogP contribution is -2.02. The van der Waals surface area contributed by atoms with E-state index in [2.05, 4.69) is 19.1 Å². The number of hydrogen-bond acceptors (Lipinski definition) is 2. The molecule has 0 fully saturated rings. The van der Waals surface area contributed by atoms with Crippen molar-refractivity contribution >= 4 is 11.6 Å². The molecule has 0 radical (unpaired) electrons. The molecule has 0 spiro atoms. The van der Waals surface area contributed by atoms with Crippen LogP contribution in [-0.2, 0) is 13.2 Å². The number of aryl methyl sites for hydroxylation is 1. The Hall–Kier alpha value is -1.51. The molecule has 0 aromatic heterocycles. The molecule has 3 heteroatoms. The summed E-state index contributed by atoms with van der Waals surface area (Å²) in [6, 6.07) is 13.8. The van der Waals surface area contributed by atoms with Crippen LogP contribution in [0.25, 0.3) is 0 Å². The van der Waals surface area contributed by atoms with Gasteiger partial charge in [0.05, 0.1) is 0 Å². The lowest BCUT2D eigenvalue weighted by molar-refractivity contribution is 0.303. The van der Waals surface area contributed by atoms with Gasteiger partial charge in [0.2, 0.25) is 0 Å². The fourth-order valence-electron chi connectivity index (χ4n) is 1.81. The molecule has 0 aliphatic heterocycles. The molecule has 0 saturated heterocycles. The van der Waals surface area contributed by atoms with Crippen molar-refractivity contribution in [2.75, 3.05) is 0 Å². The van der Waals surface area contributed by atoms with E-state index < -0.39 is 0 Å². The lowest BCUT2D eigenvalue weighted by atomic mass is 10.1. The largest absolute Gasteiger partial charge is 0.489 e. The number of benzene rings is 2. The summed E-state index contributed by atoms with van der Waals surface area (Å²) in [5.74, 6) is 0.795. The van der Waals surface area contributed by atoms with Crippen molar-refractivity contribution in [3.8, 4) is 5.75 Å². The van der Waals surface area contributed by atoms with E-state index in [-0.39, 0.29) is 0 Å². The Bertz CT molecular complexity index is 540. The summed E-state index contributed by atoms with van der Waals surface area (Å²) in [7, 11) is 0. The second kappa shape index (κ2) is 5.89. The number of ether oxygens (including phenoxy) is 1. The molecule has 18 heavy (non-hydrogen) atoms. The first-order valence-electron chi connectivity index (χ1n) is 5.86. The first kappa shape index (κ1) is 12.9. The van der Waals surface area contributed by atoms with Gasteiger partial charge in [-0.25, -0.2) is 0 Å². The summed E-state index contributed by atoms with van der Waals surface area (Å²) in [5.41, 5.74) is 8.97. The maximum Gasteiger partial charge on any atom is 0.124 e. The summed E-state index contributed by atoms with van der Waals surface area (Å²) in [6.45, 7) is 3.02. The minimum atomic E-state index is 0.420. The van der Waals surface area contributed by atoms with Gasteiger partial charge in [-0.3, -0.25) is 0 Å². The minimum Gasteiger partial charge on any atom is -0.489 e. The Balaban J connectivity index is 2.10. The number of halogens is 1. The monoisotopic (exact) mass is 261 g/mol. The topological polar surface area (TPSA) is 35.2 Å². The summed E-state index contributed by atoms with van der Waals surface area (Å²) >= 11 is 5.92. The van der Waals surface area contributed by atoms with Gasteiger partial charge in [-0.15, -0.1) is 0 Å². The van der Waals surface area contributed by atoms with Gasteiger partial charge in [-0.05, 0) is 30.7 Å². The van der Waals surface area contributed by atoms with Crippen LogP contribution in [0.1, 0.15) is 16.7 Å². The molecule has 2 aromatic carbocycles. The first-order valence-corrected chi connectivity index (χ1v) is 6.23. The van der Waals surface area contributed by atoms with E-state index in [0.717, 1.165) is 16.9 Å². The Morgan fingerprint density at radius 2 is 2.00 bits per heavy atom. The quantitative estimate of drug-likeness (QED) is 0.911. The molecular weight excluding hydrogens is 246 g/mol. The summed E-state index contributed by atoms with van der Waals surface area (Å²) < 4.78 is 5.79. The molecule has 0 saturated carbocycles. The standard InChI is InChI=1S/C15H16ClNO/c1-11-3-2-4-12(7-11)10-18-15-6-5-14(16)8-13(15)9-17/h2-8H,9-10,17H2,1H3. The molecule has 0 unspecified atom stereocenters. The molecule has 0 atom stereocenters. The van der Waals surface area contributed by atoms with Crippen LogP contribution in [0.5, 0.6) is 5.75 Å². The van der Waals surface area contributed by atoms with E-state index in [9.17, 15) is 0 Å². The van der Waals surface area contributed by atoms with Crippen molar-refractivity contribution in [2.24, 2.45) is 5.73 Å². The predicted molar refractivity (Wildman–Crippen MR) is 74.9 cm³/mol. The average Bonchev–Trinajstić information content (AvgIpc) is 2.37. The molecule has 0 aliphatic rings. The molecule has 0 heterocycles. The first-order chi connectivity index (χ1) is 8.69. The number of nitrogens with two attached hydrogens (primary N) is 1. The van der Waals surface area contributed by atoms with E-state index in [1.54, 1.807) is 0 Å². The third-order valence-corrected chi connectivity index (χ3v) is 2.95. The summed E-state index contributed by atoms with van der Waals surface area (Å²) in [4.78, 5) is 0. The fourth-order valence-corrected chi connectivity index (χ4v) is 2.01. The normalized spacial score (nSPS) is 10.4. The van der Waals surface area contributed by atoms with Crippen molar-refractivity contribution < 1.29 is 4.74 Å². The Morgan fingerprint density at radius 3 is 2.72 bits per heavy atom. The Kier molecular flexibility index (Phi) is 4.24. The van der Waals surface area contributed by atoms with E-state index in [1.807, 2.05) is 30.3 Å². The highest BCUT2D eigenvalue weighted by atomic mass is 35.5. The molecule has 2 rings (SSSR count). The van der Waals surface area contributed by atoms with Gasteiger partial charge < -0.3 is 10.5 Å². The van der Waals surface area contributed by atoms with E-state index >= 15 is 0 Å². The molecule has 0 aliphatic carbocycles. The van der Waals surface area contributed by atoms with Crippen LogP contribution >= 0.6 is 11.6 Å². The molecule has 2 aromatic rings. The molecule has 0 bridgehead atoms. The van der Waals surface area contributed by atoms with Gasteiger partial charge in [0, 0.05) is 17.1 Å². The summed E-state index contributed by atoms with van der Waals surface area (Å²) in [5, 5.41) is 0.679. The predicted octanol–water partition coefficient (Wildman–Crippen LogP) is 3.69. The Labute approximate surface area is 112 Å². The van der Waals surface area contributed by atoms with Gasteiger partial charge in [0.15, 0.2) is 0 Å². The van der Waals surface area contributed by atoms with Crippen molar-refractivity contribution in [1.29, 1.82) is 0 Å². The third kappa shape index (κ3) is 3.25. The van der Waals surface area contributed by atoms with Crippen molar-refractivity contribution in [2.45, 2.75) is 20.1 Å². The SMILES string of the molecule is Cc1cccc(COc2ccc(Cl)cc2CN)c1. The van der Waals surface area contributed by atoms with Gasteiger partial charge in [-0.2, -0.15) is 0 Å². The van der Waals surface area contributed by atoms with Gasteiger partial charge in [0.25, 0.3) is 0 Å². The van der Waals surface area contributed by atoms with Crippen LogP contribution in [0.2, 0.25) is 5.02 Å². The number of hydrogen-bond donors (Lipinski definition) is 1. The number of rotatable bonds is 4. The van der Waals surface area contributed by atoms with E-state index in [4.69, 9.17) is 22.1 Å². The van der Waals surface area contributed by atoms with Crippen molar-refractivity contribution in [1.82, 2.24) is 0 Å². The second-order valence-corrected chi connectivity index (χ2v) is 4.67. The zero-order valence-electron chi connectivity index (χ0n) is 10.3. The van der Waals surface area contributed by atoms with Crippen molar-refractivity contribution in [3.63, 3.8) is 0 Å². The van der Waals surface area contributed by atoms with Crippen LogP contribution < -0.4 is 10.5 Å². The zero-order chi connectivity index (χ0) is 13.0. The van der Waals surface area contributed by atoms with Crippen LogP contribution in [0.15, 0.2) is 42.5 Å². The highest BCUT2D eigenvalue weighted by molar-refractivity contribution is 6.30. The molecular formula is C15H16ClNO. The fraction of sp³-hybridized carbons (Fsp3) is 0.200. The maximum atomic E-state index is 5.92. The van der Waals surface area contributed by atoms with Gasteiger partial charge >= 0.3 is 0 Å². The van der Waals surface area contributed by atoms with Crippen LogP contribution in [0.4, 0.5) is 0 Å². The third-order valence-electron chi connectivity index (χ3n) is 2.72. The van der Waals surface area contributed by atoms with Crippen molar-refractivity contribution in [3.05, 3.63) is 64.2 Å². The highest BCUT2D eigenvalue weighted by Crippen LogP contribution is 2.23. The van der Waals surface area contributed by atoms with Crippen LogP contribution in [0, 0.1) is 6.92 Å².